The van der Waals surface area contributed by atoms with Gasteiger partial charge in [0.25, 0.3) is 0 Å². The van der Waals surface area contributed by atoms with Crippen LogP contribution >= 0.6 is 0 Å². The van der Waals surface area contributed by atoms with Gasteiger partial charge in [-0.15, -0.1) is 0 Å². The van der Waals surface area contributed by atoms with Gasteiger partial charge in [-0.25, -0.2) is 14.8 Å². The topological polar surface area (TPSA) is 96.6 Å². The maximum Gasteiger partial charge on any atom is 0.335 e. The predicted molar refractivity (Wildman–Crippen MR) is 148 cm³/mol. The minimum atomic E-state index is -0.979. The van der Waals surface area contributed by atoms with E-state index >= 15 is 0 Å². The number of carboxylic acid groups (broad SMARTS) is 1. The Balaban J connectivity index is 1.40. The molecular formula is C31H28N4O3. The molecule has 190 valence electrons. The fourth-order valence-electron chi connectivity index (χ4n) is 4.27. The summed E-state index contributed by atoms with van der Waals surface area (Å²) >= 11 is 0. The molecule has 7 nitrogen and oxygen atoms in total. The Morgan fingerprint density at radius 2 is 1.66 bits per heavy atom. The van der Waals surface area contributed by atoms with Gasteiger partial charge >= 0.3 is 5.97 Å². The van der Waals surface area contributed by atoms with E-state index in [1.54, 1.807) is 18.3 Å². The minimum Gasteiger partial charge on any atom is -0.478 e. The van der Waals surface area contributed by atoms with E-state index in [4.69, 9.17) is 10.1 Å². The molecule has 0 atom stereocenters. The summed E-state index contributed by atoms with van der Waals surface area (Å²) in [5.41, 5.74) is 5.96. The van der Waals surface area contributed by atoms with Crippen molar-refractivity contribution in [3.63, 3.8) is 0 Å². The van der Waals surface area contributed by atoms with Gasteiger partial charge in [-0.1, -0.05) is 63.2 Å². The summed E-state index contributed by atoms with van der Waals surface area (Å²) in [7, 11) is 0. The molecule has 7 heteroatoms. The summed E-state index contributed by atoms with van der Waals surface area (Å²) in [6, 6.07) is 22.1. The van der Waals surface area contributed by atoms with Crippen molar-refractivity contribution in [2.75, 3.05) is 5.32 Å². The number of imidazole rings is 1. The lowest BCUT2D eigenvalue weighted by atomic mass is 9.86. The van der Waals surface area contributed by atoms with Crippen LogP contribution in [0, 0.1) is 0 Å². The first-order valence-corrected chi connectivity index (χ1v) is 12.3. The lowest BCUT2D eigenvalue weighted by molar-refractivity contribution is 0.0696. The van der Waals surface area contributed by atoms with Gasteiger partial charge in [0.05, 0.1) is 11.3 Å². The van der Waals surface area contributed by atoms with E-state index in [0.717, 1.165) is 11.1 Å². The van der Waals surface area contributed by atoms with Crippen LogP contribution in [0.3, 0.4) is 0 Å². The van der Waals surface area contributed by atoms with Crippen molar-refractivity contribution in [3.8, 4) is 11.3 Å². The lowest BCUT2D eigenvalue weighted by Gasteiger charge is -2.19. The number of aromatic carboxylic acids is 1. The van der Waals surface area contributed by atoms with E-state index in [1.807, 2.05) is 65.3 Å². The first-order chi connectivity index (χ1) is 18.2. The van der Waals surface area contributed by atoms with E-state index in [0.29, 0.717) is 28.4 Å². The number of benzene rings is 3. The third kappa shape index (κ3) is 5.32. The number of Topliss-reactive ketones (excluding diaryl/α,β-unsaturated/α-hetero) is 1. The first kappa shape index (κ1) is 24.9. The molecule has 0 fully saturated rings. The number of carbonyl (C=O) groups excluding carboxylic acids is 1. The zero-order valence-corrected chi connectivity index (χ0v) is 21.5. The van der Waals surface area contributed by atoms with E-state index < -0.39 is 5.97 Å². The molecule has 0 radical (unpaired) electrons. The zero-order valence-electron chi connectivity index (χ0n) is 21.5. The first-order valence-electron chi connectivity index (χ1n) is 12.3. The van der Waals surface area contributed by atoms with Crippen LogP contribution in [0.2, 0.25) is 0 Å². The number of anilines is 2. The molecule has 0 amide bonds. The van der Waals surface area contributed by atoms with Gasteiger partial charge in [-0.2, -0.15) is 0 Å². The molecule has 0 saturated heterocycles. The molecule has 2 N–H and O–H groups in total. The van der Waals surface area contributed by atoms with Crippen molar-refractivity contribution in [1.29, 1.82) is 0 Å². The van der Waals surface area contributed by atoms with E-state index in [1.165, 1.54) is 17.7 Å². The summed E-state index contributed by atoms with van der Waals surface area (Å²) in [5, 5.41) is 12.4. The average Bonchev–Trinajstić information content (AvgIpc) is 3.38. The Morgan fingerprint density at radius 1 is 0.947 bits per heavy atom. The van der Waals surface area contributed by atoms with Gasteiger partial charge in [-0.05, 0) is 46.9 Å². The molecule has 0 saturated carbocycles. The third-order valence-electron chi connectivity index (χ3n) is 6.43. The molecule has 2 aromatic heterocycles. The molecule has 0 spiro atoms. The molecule has 0 unspecified atom stereocenters. The maximum absolute atomic E-state index is 13.0. The largest absolute Gasteiger partial charge is 0.478 e. The van der Waals surface area contributed by atoms with Crippen LogP contribution in [0.25, 0.3) is 16.9 Å². The molecule has 5 rings (SSSR count). The van der Waals surface area contributed by atoms with Gasteiger partial charge in [0.15, 0.2) is 17.2 Å². The predicted octanol–water partition coefficient (Wildman–Crippen LogP) is 6.56. The highest BCUT2D eigenvalue weighted by atomic mass is 16.4. The Morgan fingerprint density at radius 3 is 2.34 bits per heavy atom. The Labute approximate surface area is 220 Å². The Hall–Kier alpha value is -4.78. The van der Waals surface area contributed by atoms with Gasteiger partial charge < -0.3 is 14.8 Å². The molecule has 5 aromatic rings. The second-order valence-electron chi connectivity index (χ2n) is 10.3. The van der Waals surface area contributed by atoms with Crippen LogP contribution in [-0.4, -0.2) is 31.2 Å². The normalized spacial score (nSPS) is 11.4. The van der Waals surface area contributed by atoms with Gasteiger partial charge in [0.2, 0.25) is 0 Å². The fourth-order valence-corrected chi connectivity index (χ4v) is 4.27. The molecule has 3 aromatic carbocycles. The number of aromatic nitrogens is 3. The van der Waals surface area contributed by atoms with Crippen molar-refractivity contribution in [3.05, 3.63) is 114 Å². The van der Waals surface area contributed by atoms with Crippen LogP contribution < -0.4 is 5.32 Å². The standard InChI is InChI=1S/C31H28N4O3/c1-31(2,3)24-11-7-21(8-12-24)27(36)18-20-5-4-6-23(17-20)26-19-35-16-15-32-29(35)28(34-26)33-25-13-9-22(10-14-25)30(37)38/h4-17,19H,18H2,1-3H3,(H,33,34)(H,37,38). The smallest absolute Gasteiger partial charge is 0.335 e. The van der Waals surface area contributed by atoms with E-state index in [9.17, 15) is 9.59 Å². The maximum atomic E-state index is 13.0. The van der Waals surface area contributed by atoms with Gasteiger partial charge in [-0.3, -0.25) is 4.79 Å². The third-order valence-corrected chi connectivity index (χ3v) is 6.43. The highest BCUT2D eigenvalue weighted by Crippen LogP contribution is 2.26. The molecular weight excluding hydrogens is 476 g/mol. The van der Waals surface area contributed by atoms with Gasteiger partial charge in [0, 0.05) is 41.8 Å². The van der Waals surface area contributed by atoms with Crippen LogP contribution in [-0.2, 0) is 11.8 Å². The highest BCUT2D eigenvalue weighted by Gasteiger charge is 2.15. The monoisotopic (exact) mass is 504 g/mol. The summed E-state index contributed by atoms with van der Waals surface area (Å²) in [6.07, 6.45) is 5.72. The molecule has 0 bridgehead atoms. The number of nitrogens with zero attached hydrogens (tertiary/aromatic N) is 3. The van der Waals surface area contributed by atoms with Gasteiger partial charge in [0.1, 0.15) is 0 Å². The second kappa shape index (κ2) is 9.94. The van der Waals surface area contributed by atoms with Crippen molar-refractivity contribution in [2.24, 2.45) is 0 Å². The van der Waals surface area contributed by atoms with Crippen molar-refractivity contribution in [2.45, 2.75) is 32.6 Å². The van der Waals surface area contributed by atoms with E-state index in [-0.39, 0.29) is 23.2 Å². The SMILES string of the molecule is CC(C)(C)c1ccc(C(=O)Cc2cccc(-c3cn4ccnc4c(Nc4ccc(C(=O)O)cc4)n3)c2)cc1. The van der Waals surface area contributed by atoms with Crippen molar-refractivity contribution >= 4 is 28.9 Å². The van der Waals surface area contributed by atoms with Crippen LogP contribution in [0.1, 0.15) is 52.6 Å². The summed E-state index contributed by atoms with van der Waals surface area (Å²) in [4.78, 5) is 33.4. The molecule has 2 heterocycles. The number of hydrogen-bond donors (Lipinski definition) is 2. The number of carbonyl (C=O) groups is 2. The molecule has 0 aliphatic rings. The Bertz CT molecular complexity index is 1630. The number of rotatable bonds is 7. The minimum absolute atomic E-state index is 0.0366. The summed E-state index contributed by atoms with van der Waals surface area (Å²) < 4.78 is 1.88. The number of fused-ring (bicyclic) bond motifs is 1. The second-order valence-corrected chi connectivity index (χ2v) is 10.3. The van der Waals surface area contributed by atoms with Crippen LogP contribution in [0.4, 0.5) is 11.5 Å². The lowest BCUT2D eigenvalue weighted by Crippen LogP contribution is -2.11. The Kier molecular flexibility index (Phi) is 6.51. The number of carboxylic acids is 1. The molecule has 0 aliphatic carbocycles. The average molecular weight is 505 g/mol. The van der Waals surface area contributed by atoms with Crippen molar-refractivity contribution in [1.82, 2.24) is 14.4 Å². The summed E-state index contributed by atoms with van der Waals surface area (Å²) in [6.45, 7) is 6.46. The summed E-state index contributed by atoms with van der Waals surface area (Å²) in [5.74, 6) is -0.378. The number of hydrogen-bond acceptors (Lipinski definition) is 5. The van der Waals surface area contributed by atoms with Crippen LogP contribution in [0.15, 0.2) is 91.4 Å². The molecule has 38 heavy (non-hydrogen) atoms. The molecule has 0 aliphatic heterocycles. The van der Waals surface area contributed by atoms with Crippen molar-refractivity contribution < 1.29 is 14.7 Å². The fraction of sp³-hybridized carbons (Fsp3) is 0.161. The van der Waals surface area contributed by atoms with Crippen LogP contribution in [0.5, 0.6) is 0 Å². The number of nitrogens with one attached hydrogen (secondary N) is 1. The quantitative estimate of drug-likeness (QED) is 0.244. The highest BCUT2D eigenvalue weighted by molar-refractivity contribution is 5.97. The number of ketones is 1. The van der Waals surface area contributed by atoms with E-state index in [2.05, 4.69) is 31.1 Å². The zero-order chi connectivity index (χ0) is 26.9.